The maximum absolute atomic E-state index is 13.0. The Hall–Kier alpha value is -2.11. The second-order valence-electron chi connectivity index (χ2n) is 7.22. The third-order valence-electron chi connectivity index (χ3n) is 5.44. The van der Waals surface area contributed by atoms with Crippen molar-refractivity contribution in [2.75, 3.05) is 37.6 Å². The van der Waals surface area contributed by atoms with E-state index in [0.717, 1.165) is 44.5 Å². The molecule has 3 rings (SSSR count). The molecule has 0 aromatic heterocycles. The molecule has 1 aromatic rings. The van der Waals surface area contributed by atoms with Crippen LogP contribution in [-0.2, 0) is 9.59 Å². The Morgan fingerprint density at radius 1 is 1.00 bits per heavy atom. The van der Waals surface area contributed by atoms with Crippen molar-refractivity contribution in [2.45, 2.75) is 38.5 Å². The fourth-order valence-electron chi connectivity index (χ4n) is 3.83. The van der Waals surface area contributed by atoms with Gasteiger partial charge in [-0.3, -0.25) is 9.59 Å². The Morgan fingerprint density at radius 3 is 2.31 bits per heavy atom. The van der Waals surface area contributed by atoms with Crippen LogP contribution in [0.3, 0.4) is 0 Å². The molecule has 0 radical (unpaired) electrons. The number of piperazine rings is 1. The largest absolute Gasteiger partial charge is 0.368 e. The SMILES string of the molecule is O=C(NCCC(=O)N1CCN(c2ccc(F)cc2)CC1)C1CCCCC1. The van der Waals surface area contributed by atoms with Crippen LogP contribution in [0.15, 0.2) is 24.3 Å². The van der Waals surface area contributed by atoms with Crippen LogP contribution in [0.2, 0.25) is 0 Å². The lowest BCUT2D eigenvalue weighted by atomic mass is 9.89. The van der Waals surface area contributed by atoms with Crippen LogP contribution in [0.25, 0.3) is 0 Å². The van der Waals surface area contributed by atoms with E-state index >= 15 is 0 Å². The van der Waals surface area contributed by atoms with E-state index in [1.165, 1.54) is 18.6 Å². The van der Waals surface area contributed by atoms with Gasteiger partial charge in [-0.25, -0.2) is 4.39 Å². The Labute approximate surface area is 154 Å². The molecule has 6 heteroatoms. The first kappa shape index (κ1) is 18.7. The zero-order chi connectivity index (χ0) is 18.4. The van der Waals surface area contributed by atoms with E-state index in [0.29, 0.717) is 26.1 Å². The van der Waals surface area contributed by atoms with Crippen molar-refractivity contribution in [2.24, 2.45) is 5.92 Å². The van der Waals surface area contributed by atoms with Gasteiger partial charge in [0, 0.05) is 50.7 Å². The molecule has 1 aliphatic carbocycles. The summed E-state index contributed by atoms with van der Waals surface area (Å²) in [4.78, 5) is 28.5. The normalized spacial score (nSPS) is 18.7. The smallest absolute Gasteiger partial charge is 0.224 e. The first-order chi connectivity index (χ1) is 12.6. The number of carbonyl (C=O) groups excluding carboxylic acids is 2. The van der Waals surface area contributed by atoms with Crippen molar-refractivity contribution in [1.29, 1.82) is 0 Å². The fourth-order valence-corrected chi connectivity index (χ4v) is 3.83. The van der Waals surface area contributed by atoms with Gasteiger partial charge in [-0.05, 0) is 37.1 Å². The number of benzene rings is 1. The number of rotatable bonds is 5. The highest BCUT2D eigenvalue weighted by molar-refractivity contribution is 5.80. The Morgan fingerprint density at radius 2 is 1.65 bits per heavy atom. The quantitative estimate of drug-likeness (QED) is 0.877. The Bertz CT molecular complexity index is 606. The number of anilines is 1. The minimum atomic E-state index is -0.238. The van der Waals surface area contributed by atoms with E-state index in [9.17, 15) is 14.0 Å². The van der Waals surface area contributed by atoms with Gasteiger partial charge in [0.1, 0.15) is 5.82 Å². The number of halogens is 1. The lowest BCUT2D eigenvalue weighted by Gasteiger charge is -2.36. The first-order valence-corrected chi connectivity index (χ1v) is 9.69. The van der Waals surface area contributed by atoms with Gasteiger partial charge in [-0.2, -0.15) is 0 Å². The highest BCUT2D eigenvalue weighted by Crippen LogP contribution is 2.23. The fraction of sp³-hybridized carbons (Fsp3) is 0.600. The zero-order valence-corrected chi connectivity index (χ0v) is 15.3. The van der Waals surface area contributed by atoms with Gasteiger partial charge >= 0.3 is 0 Å². The average molecular weight is 361 g/mol. The molecule has 2 fully saturated rings. The number of amides is 2. The molecule has 1 saturated carbocycles. The van der Waals surface area contributed by atoms with E-state index in [1.54, 1.807) is 12.1 Å². The summed E-state index contributed by atoms with van der Waals surface area (Å²) in [6, 6.07) is 6.46. The third kappa shape index (κ3) is 4.96. The minimum absolute atomic E-state index is 0.0905. The molecule has 2 aliphatic rings. The number of hydrogen-bond donors (Lipinski definition) is 1. The summed E-state index contributed by atoms with van der Waals surface area (Å²) in [6.07, 6.45) is 5.81. The monoisotopic (exact) mass is 361 g/mol. The molecule has 26 heavy (non-hydrogen) atoms. The summed E-state index contributed by atoms with van der Waals surface area (Å²) in [5.74, 6) is 0.0993. The maximum Gasteiger partial charge on any atom is 0.224 e. The summed E-state index contributed by atoms with van der Waals surface area (Å²) in [7, 11) is 0. The Balaban J connectivity index is 1.37. The molecule has 5 nitrogen and oxygen atoms in total. The molecular formula is C20H28FN3O2. The first-order valence-electron chi connectivity index (χ1n) is 9.69. The molecule has 142 valence electrons. The zero-order valence-electron chi connectivity index (χ0n) is 15.3. The van der Waals surface area contributed by atoms with Crippen molar-refractivity contribution in [3.05, 3.63) is 30.1 Å². The molecule has 0 spiro atoms. The van der Waals surface area contributed by atoms with Gasteiger partial charge in [-0.15, -0.1) is 0 Å². The van der Waals surface area contributed by atoms with Crippen molar-refractivity contribution in [3.8, 4) is 0 Å². The van der Waals surface area contributed by atoms with Crippen LogP contribution in [0.5, 0.6) is 0 Å². The van der Waals surface area contributed by atoms with Crippen LogP contribution < -0.4 is 10.2 Å². The van der Waals surface area contributed by atoms with Gasteiger partial charge in [0.05, 0.1) is 0 Å². The Kier molecular flexibility index (Phi) is 6.47. The standard InChI is InChI=1S/C20H28FN3O2/c21-17-6-8-18(9-7-17)23-12-14-24(15-13-23)19(25)10-11-22-20(26)16-4-2-1-3-5-16/h6-9,16H,1-5,10-15H2,(H,22,26). The van der Waals surface area contributed by atoms with Crippen molar-refractivity contribution < 1.29 is 14.0 Å². The maximum atomic E-state index is 13.0. The number of nitrogens with zero attached hydrogens (tertiary/aromatic N) is 2. The lowest BCUT2D eigenvalue weighted by molar-refractivity contribution is -0.131. The number of carbonyl (C=O) groups is 2. The van der Waals surface area contributed by atoms with Crippen LogP contribution >= 0.6 is 0 Å². The number of nitrogens with one attached hydrogen (secondary N) is 1. The molecular weight excluding hydrogens is 333 g/mol. The second kappa shape index (κ2) is 9.01. The molecule has 0 unspecified atom stereocenters. The van der Waals surface area contributed by atoms with E-state index in [4.69, 9.17) is 0 Å². The summed E-state index contributed by atoms with van der Waals surface area (Å²) in [5.41, 5.74) is 0.984. The van der Waals surface area contributed by atoms with Crippen LogP contribution in [0.4, 0.5) is 10.1 Å². The van der Waals surface area contributed by atoms with E-state index < -0.39 is 0 Å². The number of hydrogen-bond acceptors (Lipinski definition) is 3. The molecule has 1 heterocycles. The van der Waals surface area contributed by atoms with Gasteiger partial charge in [-0.1, -0.05) is 19.3 Å². The van der Waals surface area contributed by atoms with Crippen LogP contribution in [0.1, 0.15) is 38.5 Å². The predicted octanol–water partition coefficient (Wildman–Crippen LogP) is 2.56. The molecule has 2 amide bonds. The highest BCUT2D eigenvalue weighted by atomic mass is 19.1. The van der Waals surface area contributed by atoms with Gasteiger partial charge in [0.15, 0.2) is 0 Å². The molecule has 1 saturated heterocycles. The predicted molar refractivity (Wildman–Crippen MR) is 99.4 cm³/mol. The van der Waals surface area contributed by atoms with Gasteiger partial charge in [0.25, 0.3) is 0 Å². The van der Waals surface area contributed by atoms with E-state index in [-0.39, 0.29) is 23.5 Å². The molecule has 1 aromatic carbocycles. The van der Waals surface area contributed by atoms with E-state index in [2.05, 4.69) is 10.2 Å². The van der Waals surface area contributed by atoms with Crippen molar-refractivity contribution in [3.63, 3.8) is 0 Å². The van der Waals surface area contributed by atoms with Crippen molar-refractivity contribution >= 4 is 17.5 Å². The minimum Gasteiger partial charge on any atom is -0.368 e. The summed E-state index contributed by atoms with van der Waals surface area (Å²) >= 11 is 0. The molecule has 1 aliphatic heterocycles. The average Bonchev–Trinajstić information content (AvgIpc) is 2.69. The third-order valence-corrected chi connectivity index (χ3v) is 5.44. The molecule has 0 bridgehead atoms. The summed E-state index contributed by atoms with van der Waals surface area (Å²) < 4.78 is 13.0. The van der Waals surface area contributed by atoms with Gasteiger partial charge < -0.3 is 15.1 Å². The van der Waals surface area contributed by atoms with E-state index in [1.807, 2.05) is 4.90 Å². The lowest BCUT2D eigenvalue weighted by Crippen LogP contribution is -2.49. The van der Waals surface area contributed by atoms with Gasteiger partial charge in [0.2, 0.25) is 11.8 Å². The van der Waals surface area contributed by atoms with Crippen LogP contribution in [-0.4, -0.2) is 49.4 Å². The summed E-state index contributed by atoms with van der Waals surface area (Å²) in [6.45, 7) is 3.23. The van der Waals surface area contributed by atoms with Crippen LogP contribution in [0, 0.1) is 11.7 Å². The topological polar surface area (TPSA) is 52.7 Å². The molecule has 1 N–H and O–H groups in total. The highest BCUT2D eigenvalue weighted by Gasteiger charge is 2.23. The van der Waals surface area contributed by atoms with Crippen molar-refractivity contribution in [1.82, 2.24) is 10.2 Å². The molecule has 0 atom stereocenters. The summed E-state index contributed by atoms with van der Waals surface area (Å²) in [5, 5.41) is 2.93. The second-order valence-corrected chi connectivity index (χ2v) is 7.22.